The first-order valence-corrected chi connectivity index (χ1v) is 6.47. The summed E-state index contributed by atoms with van der Waals surface area (Å²) in [5, 5.41) is 12.4. The molecule has 2 saturated heterocycles. The van der Waals surface area contributed by atoms with Gasteiger partial charge in [-0.1, -0.05) is 12.8 Å². The molecule has 2 fully saturated rings. The molecule has 17 heavy (non-hydrogen) atoms. The van der Waals surface area contributed by atoms with Gasteiger partial charge in [-0.3, -0.25) is 4.79 Å². The summed E-state index contributed by atoms with van der Waals surface area (Å²) in [6.07, 6.45) is 5.27. The molecule has 2 N–H and O–H groups in total. The summed E-state index contributed by atoms with van der Waals surface area (Å²) in [5.74, 6) is -0.880. The van der Waals surface area contributed by atoms with E-state index in [-0.39, 0.29) is 11.9 Å². The fourth-order valence-electron chi connectivity index (χ4n) is 2.72. The standard InChI is InChI=1S/C12H20N2O3/c15-11(9-5-4-7-13-9)14-8-3-1-2-6-10(14)12(16)17/h9-10,13H,1-8H2,(H,16,17)/t9-,10?/m1/s1. The lowest BCUT2D eigenvalue weighted by atomic mass is 10.1. The number of carbonyl (C=O) groups excluding carboxylic acids is 1. The van der Waals surface area contributed by atoms with Crippen molar-refractivity contribution in [1.82, 2.24) is 10.2 Å². The third-order valence-corrected chi connectivity index (χ3v) is 3.68. The van der Waals surface area contributed by atoms with E-state index < -0.39 is 12.0 Å². The van der Waals surface area contributed by atoms with Crippen molar-refractivity contribution in [2.45, 2.75) is 50.6 Å². The molecule has 0 bridgehead atoms. The van der Waals surface area contributed by atoms with Gasteiger partial charge in [0.25, 0.3) is 0 Å². The van der Waals surface area contributed by atoms with Gasteiger partial charge in [-0.25, -0.2) is 4.79 Å². The lowest BCUT2D eigenvalue weighted by molar-refractivity contribution is -0.151. The number of nitrogens with one attached hydrogen (secondary N) is 1. The average molecular weight is 240 g/mol. The fourth-order valence-corrected chi connectivity index (χ4v) is 2.72. The van der Waals surface area contributed by atoms with Crippen molar-refractivity contribution in [2.75, 3.05) is 13.1 Å². The molecule has 2 heterocycles. The summed E-state index contributed by atoms with van der Waals surface area (Å²) in [6, 6.07) is -0.776. The summed E-state index contributed by atoms with van der Waals surface area (Å²) >= 11 is 0. The van der Waals surface area contributed by atoms with Crippen molar-refractivity contribution in [1.29, 1.82) is 0 Å². The molecule has 0 aromatic rings. The van der Waals surface area contributed by atoms with Gasteiger partial charge in [-0.2, -0.15) is 0 Å². The Kier molecular flexibility index (Phi) is 3.99. The first-order chi connectivity index (χ1) is 8.20. The normalized spacial score (nSPS) is 30.0. The molecule has 5 heteroatoms. The van der Waals surface area contributed by atoms with E-state index in [1.807, 2.05) is 0 Å². The van der Waals surface area contributed by atoms with Gasteiger partial charge in [-0.15, -0.1) is 0 Å². The van der Waals surface area contributed by atoms with Crippen LogP contribution in [0, 0.1) is 0 Å². The van der Waals surface area contributed by atoms with Gasteiger partial charge in [0, 0.05) is 6.54 Å². The number of carbonyl (C=O) groups is 2. The van der Waals surface area contributed by atoms with E-state index in [1.165, 1.54) is 0 Å². The minimum atomic E-state index is -0.863. The fraction of sp³-hybridized carbons (Fsp3) is 0.833. The number of carboxylic acid groups (broad SMARTS) is 1. The maximum atomic E-state index is 12.3. The van der Waals surface area contributed by atoms with E-state index >= 15 is 0 Å². The van der Waals surface area contributed by atoms with Crippen LogP contribution in [0.15, 0.2) is 0 Å². The van der Waals surface area contributed by atoms with Gasteiger partial charge in [-0.05, 0) is 32.2 Å². The summed E-state index contributed by atoms with van der Waals surface area (Å²) < 4.78 is 0. The highest BCUT2D eigenvalue weighted by molar-refractivity contribution is 5.87. The van der Waals surface area contributed by atoms with E-state index in [1.54, 1.807) is 4.90 Å². The molecule has 0 aliphatic carbocycles. The second kappa shape index (κ2) is 5.49. The van der Waals surface area contributed by atoms with E-state index in [0.29, 0.717) is 13.0 Å². The molecule has 0 aromatic heterocycles. The molecular weight excluding hydrogens is 220 g/mol. The first kappa shape index (κ1) is 12.4. The molecule has 0 saturated carbocycles. The third-order valence-electron chi connectivity index (χ3n) is 3.68. The van der Waals surface area contributed by atoms with Gasteiger partial charge in [0.1, 0.15) is 6.04 Å². The Bertz CT molecular complexity index is 300. The number of rotatable bonds is 2. The van der Waals surface area contributed by atoms with Gasteiger partial charge in [0.15, 0.2) is 0 Å². The molecule has 5 nitrogen and oxygen atoms in total. The summed E-state index contributed by atoms with van der Waals surface area (Å²) in [4.78, 5) is 25.1. The van der Waals surface area contributed by atoms with Crippen molar-refractivity contribution >= 4 is 11.9 Å². The number of hydrogen-bond acceptors (Lipinski definition) is 3. The van der Waals surface area contributed by atoms with Crippen LogP contribution in [0.1, 0.15) is 38.5 Å². The summed E-state index contributed by atoms with van der Waals surface area (Å²) in [5.41, 5.74) is 0. The van der Waals surface area contributed by atoms with Crippen molar-refractivity contribution in [2.24, 2.45) is 0 Å². The van der Waals surface area contributed by atoms with Crippen molar-refractivity contribution in [3.05, 3.63) is 0 Å². The first-order valence-electron chi connectivity index (χ1n) is 6.47. The Labute approximate surface area is 101 Å². The third kappa shape index (κ3) is 2.77. The highest BCUT2D eigenvalue weighted by Gasteiger charge is 2.35. The molecular formula is C12H20N2O3. The van der Waals surface area contributed by atoms with Crippen LogP contribution in [0.5, 0.6) is 0 Å². The predicted molar refractivity (Wildman–Crippen MR) is 62.6 cm³/mol. The molecule has 0 spiro atoms. The minimum absolute atomic E-state index is 0.0169. The van der Waals surface area contributed by atoms with Gasteiger partial charge >= 0.3 is 5.97 Å². The molecule has 0 aromatic carbocycles. The van der Waals surface area contributed by atoms with Crippen LogP contribution >= 0.6 is 0 Å². The average Bonchev–Trinajstić information content (AvgIpc) is 2.71. The molecule has 2 atom stereocenters. The van der Waals surface area contributed by atoms with Crippen LogP contribution in [-0.4, -0.2) is 47.1 Å². The van der Waals surface area contributed by atoms with Gasteiger partial charge in [0.2, 0.25) is 5.91 Å². The monoisotopic (exact) mass is 240 g/mol. The maximum absolute atomic E-state index is 12.3. The van der Waals surface area contributed by atoms with Crippen LogP contribution in [0.2, 0.25) is 0 Å². The predicted octanol–water partition coefficient (Wildman–Crippen LogP) is 0.594. The summed E-state index contributed by atoms with van der Waals surface area (Å²) in [6.45, 7) is 1.45. The molecule has 1 amide bonds. The molecule has 96 valence electrons. The molecule has 2 aliphatic heterocycles. The molecule has 2 aliphatic rings. The quantitative estimate of drug-likeness (QED) is 0.741. The van der Waals surface area contributed by atoms with E-state index in [9.17, 15) is 14.7 Å². The largest absolute Gasteiger partial charge is 0.480 e. The Morgan fingerprint density at radius 1 is 1.12 bits per heavy atom. The lowest BCUT2D eigenvalue weighted by Gasteiger charge is -2.29. The zero-order valence-corrected chi connectivity index (χ0v) is 10.0. The van der Waals surface area contributed by atoms with Crippen LogP contribution in [-0.2, 0) is 9.59 Å². The highest BCUT2D eigenvalue weighted by atomic mass is 16.4. The smallest absolute Gasteiger partial charge is 0.326 e. The number of hydrogen-bond donors (Lipinski definition) is 2. The number of amides is 1. The second-order valence-corrected chi connectivity index (χ2v) is 4.88. The van der Waals surface area contributed by atoms with Crippen LogP contribution in [0.4, 0.5) is 0 Å². The minimum Gasteiger partial charge on any atom is -0.480 e. The Morgan fingerprint density at radius 2 is 1.94 bits per heavy atom. The lowest BCUT2D eigenvalue weighted by Crippen LogP contribution is -2.51. The van der Waals surface area contributed by atoms with Crippen molar-refractivity contribution < 1.29 is 14.7 Å². The van der Waals surface area contributed by atoms with Crippen molar-refractivity contribution in [3.8, 4) is 0 Å². The Hall–Kier alpha value is -1.10. The zero-order valence-electron chi connectivity index (χ0n) is 10.0. The van der Waals surface area contributed by atoms with E-state index in [2.05, 4.69) is 5.32 Å². The van der Waals surface area contributed by atoms with Gasteiger partial charge < -0.3 is 15.3 Å². The second-order valence-electron chi connectivity index (χ2n) is 4.88. The zero-order chi connectivity index (χ0) is 12.3. The number of nitrogens with zero attached hydrogens (tertiary/aromatic N) is 1. The summed E-state index contributed by atoms with van der Waals surface area (Å²) in [7, 11) is 0. The maximum Gasteiger partial charge on any atom is 0.326 e. The topological polar surface area (TPSA) is 69.6 Å². The Balaban J connectivity index is 2.08. The number of likely N-dealkylation sites (tertiary alicyclic amines) is 1. The Morgan fingerprint density at radius 3 is 2.59 bits per heavy atom. The van der Waals surface area contributed by atoms with E-state index in [0.717, 1.165) is 38.6 Å². The van der Waals surface area contributed by atoms with Crippen molar-refractivity contribution in [3.63, 3.8) is 0 Å². The SMILES string of the molecule is O=C(O)C1CCCCCN1C(=O)[C@H]1CCCN1. The van der Waals surface area contributed by atoms with Crippen LogP contribution in [0.25, 0.3) is 0 Å². The van der Waals surface area contributed by atoms with Gasteiger partial charge in [0.05, 0.1) is 6.04 Å². The number of carboxylic acids is 1. The highest BCUT2D eigenvalue weighted by Crippen LogP contribution is 2.20. The number of aliphatic carboxylic acids is 1. The molecule has 1 unspecified atom stereocenters. The van der Waals surface area contributed by atoms with E-state index in [4.69, 9.17) is 0 Å². The molecule has 2 rings (SSSR count). The molecule has 0 radical (unpaired) electrons. The van der Waals surface area contributed by atoms with Crippen LogP contribution < -0.4 is 5.32 Å². The van der Waals surface area contributed by atoms with Crippen LogP contribution in [0.3, 0.4) is 0 Å².